The Hall–Kier alpha value is -0.760. The molecule has 0 radical (unpaired) electrons. The lowest BCUT2D eigenvalue weighted by Crippen LogP contribution is -1.97. The molecule has 0 spiro atoms. The Labute approximate surface area is 81.6 Å². The largest absolute Gasteiger partial charge is 0.382 e. The number of hydrogen-bond donors (Lipinski definition) is 1. The first-order valence-corrected chi connectivity index (χ1v) is 4.98. The SMILES string of the molecule is C=CCNc1cccc(CBr)c1. The van der Waals surface area contributed by atoms with Gasteiger partial charge < -0.3 is 5.32 Å². The molecule has 0 heterocycles. The Bertz CT molecular complexity index is 258. The summed E-state index contributed by atoms with van der Waals surface area (Å²) in [4.78, 5) is 0. The first kappa shape index (κ1) is 9.33. The molecule has 1 rings (SSSR count). The number of rotatable bonds is 4. The lowest BCUT2D eigenvalue weighted by Gasteiger charge is -2.03. The van der Waals surface area contributed by atoms with E-state index in [4.69, 9.17) is 0 Å². The number of hydrogen-bond acceptors (Lipinski definition) is 1. The van der Waals surface area contributed by atoms with E-state index in [0.717, 1.165) is 17.6 Å². The van der Waals surface area contributed by atoms with Gasteiger partial charge in [0.2, 0.25) is 0 Å². The highest BCUT2D eigenvalue weighted by Crippen LogP contribution is 2.12. The van der Waals surface area contributed by atoms with E-state index in [9.17, 15) is 0 Å². The predicted molar refractivity (Wildman–Crippen MR) is 57.8 cm³/mol. The summed E-state index contributed by atoms with van der Waals surface area (Å²) in [6, 6.07) is 8.31. The van der Waals surface area contributed by atoms with E-state index in [2.05, 4.69) is 46.0 Å². The molecule has 0 atom stereocenters. The molecule has 0 aliphatic rings. The highest BCUT2D eigenvalue weighted by Gasteiger charge is 1.91. The van der Waals surface area contributed by atoms with Crippen molar-refractivity contribution in [2.45, 2.75) is 5.33 Å². The molecule has 1 aromatic rings. The van der Waals surface area contributed by atoms with Crippen LogP contribution in [0.25, 0.3) is 0 Å². The molecule has 2 heteroatoms. The van der Waals surface area contributed by atoms with Gasteiger partial charge in [0.15, 0.2) is 0 Å². The van der Waals surface area contributed by atoms with Crippen LogP contribution in [0.15, 0.2) is 36.9 Å². The van der Waals surface area contributed by atoms with Crippen molar-refractivity contribution in [3.63, 3.8) is 0 Å². The van der Waals surface area contributed by atoms with E-state index in [1.54, 1.807) is 0 Å². The van der Waals surface area contributed by atoms with Crippen LogP contribution < -0.4 is 5.32 Å². The molecule has 0 aliphatic carbocycles. The van der Waals surface area contributed by atoms with Crippen LogP contribution in [0.3, 0.4) is 0 Å². The number of alkyl halides is 1. The van der Waals surface area contributed by atoms with Crippen LogP contribution in [0.5, 0.6) is 0 Å². The first-order chi connectivity index (χ1) is 5.86. The van der Waals surface area contributed by atoms with E-state index in [0.29, 0.717) is 0 Å². The monoisotopic (exact) mass is 225 g/mol. The van der Waals surface area contributed by atoms with Crippen molar-refractivity contribution in [2.24, 2.45) is 0 Å². The zero-order valence-corrected chi connectivity index (χ0v) is 8.47. The number of nitrogens with one attached hydrogen (secondary N) is 1. The summed E-state index contributed by atoms with van der Waals surface area (Å²) in [6.45, 7) is 4.46. The zero-order valence-electron chi connectivity index (χ0n) is 6.89. The van der Waals surface area contributed by atoms with Crippen LogP contribution in [0.1, 0.15) is 5.56 Å². The van der Waals surface area contributed by atoms with Crippen molar-refractivity contribution >= 4 is 21.6 Å². The van der Waals surface area contributed by atoms with Gasteiger partial charge in [0, 0.05) is 17.6 Å². The average molecular weight is 226 g/mol. The van der Waals surface area contributed by atoms with Gasteiger partial charge in [-0.3, -0.25) is 0 Å². The van der Waals surface area contributed by atoms with Gasteiger partial charge in [-0.1, -0.05) is 34.1 Å². The van der Waals surface area contributed by atoms with Gasteiger partial charge in [0.1, 0.15) is 0 Å². The second kappa shape index (κ2) is 4.99. The van der Waals surface area contributed by atoms with E-state index >= 15 is 0 Å². The number of benzene rings is 1. The van der Waals surface area contributed by atoms with Gasteiger partial charge in [0.05, 0.1) is 0 Å². The molecular weight excluding hydrogens is 214 g/mol. The molecule has 12 heavy (non-hydrogen) atoms. The van der Waals surface area contributed by atoms with Crippen molar-refractivity contribution < 1.29 is 0 Å². The molecule has 0 amide bonds. The lowest BCUT2D eigenvalue weighted by atomic mass is 10.2. The molecule has 0 aromatic heterocycles. The third-order valence-corrected chi connectivity index (χ3v) is 2.18. The normalized spacial score (nSPS) is 9.42. The van der Waals surface area contributed by atoms with Crippen molar-refractivity contribution in [1.82, 2.24) is 0 Å². The fourth-order valence-corrected chi connectivity index (χ4v) is 1.30. The first-order valence-electron chi connectivity index (χ1n) is 3.86. The van der Waals surface area contributed by atoms with Gasteiger partial charge in [-0.25, -0.2) is 0 Å². The quantitative estimate of drug-likeness (QED) is 0.614. The van der Waals surface area contributed by atoms with Crippen molar-refractivity contribution in [3.8, 4) is 0 Å². The third-order valence-electron chi connectivity index (χ3n) is 1.53. The Morgan fingerprint density at radius 2 is 2.33 bits per heavy atom. The second-order valence-electron chi connectivity index (χ2n) is 2.50. The van der Waals surface area contributed by atoms with Crippen LogP contribution in [0.4, 0.5) is 5.69 Å². The van der Waals surface area contributed by atoms with Crippen LogP contribution in [-0.2, 0) is 5.33 Å². The summed E-state index contributed by atoms with van der Waals surface area (Å²) >= 11 is 3.41. The number of anilines is 1. The van der Waals surface area contributed by atoms with Gasteiger partial charge in [-0.15, -0.1) is 6.58 Å². The lowest BCUT2D eigenvalue weighted by molar-refractivity contribution is 1.32. The summed E-state index contributed by atoms with van der Waals surface area (Å²) < 4.78 is 0. The maximum atomic E-state index is 3.65. The Kier molecular flexibility index (Phi) is 3.88. The maximum absolute atomic E-state index is 3.65. The summed E-state index contributed by atoms with van der Waals surface area (Å²) in [5.41, 5.74) is 2.43. The Morgan fingerprint density at radius 1 is 1.50 bits per heavy atom. The highest BCUT2D eigenvalue weighted by molar-refractivity contribution is 9.08. The molecule has 0 bridgehead atoms. The van der Waals surface area contributed by atoms with E-state index in [-0.39, 0.29) is 0 Å². The summed E-state index contributed by atoms with van der Waals surface area (Å²) in [5, 5.41) is 4.13. The topological polar surface area (TPSA) is 12.0 Å². The van der Waals surface area contributed by atoms with Crippen LogP contribution in [0, 0.1) is 0 Å². The predicted octanol–water partition coefficient (Wildman–Crippen LogP) is 3.18. The highest BCUT2D eigenvalue weighted by atomic mass is 79.9. The standard InChI is InChI=1S/C10H12BrN/c1-2-6-12-10-5-3-4-9(7-10)8-11/h2-5,7,12H,1,6,8H2. The summed E-state index contributed by atoms with van der Waals surface area (Å²) in [7, 11) is 0. The summed E-state index contributed by atoms with van der Waals surface area (Å²) in [5.74, 6) is 0. The number of halogens is 1. The Morgan fingerprint density at radius 3 is 3.00 bits per heavy atom. The minimum atomic E-state index is 0.811. The zero-order chi connectivity index (χ0) is 8.81. The smallest absolute Gasteiger partial charge is 0.0345 e. The van der Waals surface area contributed by atoms with Crippen molar-refractivity contribution in [3.05, 3.63) is 42.5 Å². The van der Waals surface area contributed by atoms with Crippen LogP contribution in [-0.4, -0.2) is 6.54 Å². The summed E-state index contributed by atoms with van der Waals surface area (Å²) in [6.07, 6.45) is 1.85. The molecule has 1 N–H and O–H groups in total. The molecule has 0 saturated heterocycles. The van der Waals surface area contributed by atoms with Crippen molar-refractivity contribution in [1.29, 1.82) is 0 Å². The molecule has 0 aliphatic heterocycles. The van der Waals surface area contributed by atoms with Crippen LogP contribution in [0.2, 0.25) is 0 Å². The molecule has 0 fully saturated rings. The second-order valence-corrected chi connectivity index (χ2v) is 3.06. The third kappa shape index (κ3) is 2.70. The fourth-order valence-electron chi connectivity index (χ4n) is 0.954. The van der Waals surface area contributed by atoms with Gasteiger partial charge in [-0.2, -0.15) is 0 Å². The minimum absolute atomic E-state index is 0.811. The van der Waals surface area contributed by atoms with E-state index in [1.807, 2.05) is 12.1 Å². The molecule has 0 unspecified atom stereocenters. The molecule has 64 valence electrons. The van der Waals surface area contributed by atoms with Gasteiger partial charge in [-0.05, 0) is 17.7 Å². The fraction of sp³-hybridized carbons (Fsp3) is 0.200. The molecule has 1 aromatic carbocycles. The van der Waals surface area contributed by atoms with Gasteiger partial charge >= 0.3 is 0 Å². The van der Waals surface area contributed by atoms with Gasteiger partial charge in [0.25, 0.3) is 0 Å². The van der Waals surface area contributed by atoms with E-state index < -0.39 is 0 Å². The Balaban J connectivity index is 2.65. The average Bonchev–Trinajstić information content (AvgIpc) is 2.15. The van der Waals surface area contributed by atoms with E-state index in [1.165, 1.54) is 5.56 Å². The molecule has 0 saturated carbocycles. The maximum Gasteiger partial charge on any atom is 0.0345 e. The molecule has 1 nitrogen and oxygen atoms in total. The van der Waals surface area contributed by atoms with Crippen LogP contribution >= 0.6 is 15.9 Å². The van der Waals surface area contributed by atoms with Crippen molar-refractivity contribution in [2.75, 3.05) is 11.9 Å². The minimum Gasteiger partial charge on any atom is -0.382 e. The molecular formula is C10H12BrN.